The van der Waals surface area contributed by atoms with Gasteiger partial charge in [0.05, 0.1) is 6.10 Å². The molecule has 3 fully saturated rings. The highest BCUT2D eigenvalue weighted by molar-refractivity contribution is 4.95. The largest absolute Gasteiger partial charge is 0.391 e. The summed E-state index contributed by atoms with van der Waals surface area (Å²) >= 11 is 0. The summed E-state index contributed by atoms with van der Waals surface area (Å²) in [5, 5.41) is 10.2. The first kappa shape index (κ1) is 11.0. The van der Waals surface area contributed by atoms with Crippen molar-refractivity contribution in [3.63, 3.8) is 0 Å². The number of rotatable bonds is 1. The molecule has 0 aromatic carbocycles. The molecule has 16 heavy (non-hydrogen) atoms. The van der Waals surface area contributed by atoms with Crippen LogP contribution in [0.25, 0.3) is 0 Å². The van der Waals surface area contributed by atoms with Gasteiger partial charge in [0.1, 0.15) is 0 Å². The number of hydrogen-bond acceptors (Lipinski definition) is 2. The van der Waals surface area contributed by atoms with E-state index in [-0.39, 0.29) is 6.10 Å². The van der Waals surface area contributed by atoms with Gasteiger partial charge in [-0.3, -0.25) is 4.90 Å². The highest BCUT2D eigenvalue weighted by Gasteiger charge is 2.41. The monoisotopic (exact) mass is 223 g/mol. The molecule has 2 heteroatoms. The molecule has 0 spiro atoms. The SMILES string of the molecule is OC1CCCCC1N1CCC2CCCCC21. The van der Waals surface area contributed by atoms with E-state index in [0.717, 1.165) is 18.4 Å². The minimum Gasteiger partial charge on any atom is -0.391 e. The Morgan fingerprint density at radius 1 is 0.750 bits per heavy atom. The maximum atomic E-state index is 10.2. The summed E-state index contributed by atoms with van der Waals surface area (Å²) in [5.41, 5.74) is 0. The molecule has 0 amide bonds. The molecule has 2 nitrogen and oxygen atoms in total. The summed E-state index contributed by atoms with van der Waals surface area (Å²) in [6, 6.07) is 1.33. The first-order chi connectivity index (χ1) is 7.86. The van der Waals surface area contributed by atoms with E-state index >= 15 is 0 Å². The van der Waals surface area contributed by atoms with Crippen LogP contribution in [0.2, 0.25) is 0 Å². The van der Waals surface area contributed by atoms with Crippen LogP contribution in [-0.2, 0) is 0 Å². The Kier molecular flexibility index (Phi) is 3.21. The highest BCUT2D eigenvalue weighted by Crippen LogP contribution is 2.39. The molecule has 1 N–H and O–H groups in total. The fraction of sp³-hybridized carbons (Fsp3) is 1.00. The average molecular weight is 223 g/mol. The van der Waals surface area contributed by atoms with E-state index in [1.165, 1.54) is 57.9 Å². The highest BCUT2D eigenvalue weighted by atomic mass is 16.3. The van der Waals surface area contributed by atoms with Crippen molar-refractivity contribution in [2.75, 3.05) is 6.54 Å². The summed E-state index contributed by atoms with van der Waals surface area (Å²) in [6.45, 7) is 1.26. The zero-order valence-electron chi connectivity index (χ0n) is 10.3. The van der Waals surface area contributed by atoms with Gasteiger partial charge in [-0.1, -0.05) is 25.7 Å². The predicted octanol–water partition coefficient (Wildman–Crippen LogP) is 2.55. The molecule has 3 aliphatic rings. The van der Waals surface area contributed by atoms with Gasteiger partial charge >= 0.3 is 0 Å². The molecular formula is C14H25NO. The predicted molar refractivity (Wildman–Crippen MR) is 65.3 cm³/mol. The first-order valence-electron chi connectivity index (χ1n) is 7.30. The summed E-state index contributed by atoms with van der Waals surface area (Å²) < 4.78 is 0. The third-order valence-electron chi connectivity index (χ3n) is 5.17. The maximum absolute atomic E-state index is 10.2. The van der Waals surface area contributed by atoms with E-state index in [1.54, 1.807) is 0 Å². The topological polar surface area (TPSA) is 23.5 Å². The second-order valence-corrected chi connectivity index (χ2v) is 6.06. The average Bonchev–Trinajstić information content (AvgIpc) is 2.74. The van der Waals surface area contributed by atoms with Crippen molar-refractivity contribution >= 4 is 0 Å². The van der Waals surface area contributed by atoms with Gasteiger partial charge in [0.15, 0.2) is 0 Å². The van der Waals surface area contributed by atoms with Crippen LogP contribution in [0.1, 0.15) is 57.8 Å². The van der Waals surface area contributed by atoms with E-state index in [2.05, 4.69) is 4.90 Å². The Balaban J connectivity index is 1.69. The van der Waals surface area contributed by atoms with E-state index in [1.807, 2.05) is 0 Å². The summed E-state index contributed by atoms with van der Waals surface area (Å²) in [5.74, 6) is 0.961. The summed E-state index contributed by atoms with van der Waals surface area (Å²) in [4.78, 5) is 2.69. The van der Waals surface area contributed by atoms with Crippen molar-refractivity contribution in [2.24, 2.45) is 5.92 Å². The van der Waals surface area contributed by atoms with Crippen LogP contribution in [0.5, 0.6) is 0 Å². The lowest BCUT2D eigenvalue weighted by Gasteiger charge is -2.41. The Morgan fingerprint density at radius 3 is 2.25 bits per heavy atom. The lowest BCUT2D eigenvalue weighted by atomic mass is 9.83. The van der Waals surface area contributed by atoms with E-state index in [4.69, 9.17) is 0 Å². The van der Waals surface area contributed by atoms with Crippen LogP contribution in [0, 0.1) is 5.92 Å². The molecule has 4 unspecified atom stereocenters. The van der Waals surface area contributed by atoms with E-state index in [9.17, 15) is 5.11 Å². The third kappa shape index (κ3) is 1.91. The van der Waals surface area contributed by atoms with Crippen molar-refractivity contribution < 1.29 is 5.11 Å². The van der Waals surface area contributed by atoms with Crippen molar-refractivity contribution in [3.8, 4) is 0 Å². The van der Waals surface area contributed by atoms with Crippen LogP contribution < -0.4 is 0 Å². The fourth-order valence-corrected chi connectivity index (χ4v) is 4.33. The van der Waals surface area contributed by atoms with Gasteiger partial charge in [0.25, 0.3) is 0 Å². The van der Waals surface area contributed by atoms with Crippen LogP contribution in [-0.4, -0.2) is 34.7 Å². The van der Waals surface area contributed by atoms with Gasteiger partial charge in [0.2, 0.25) is 0 Å². The molecule has 1 saturated heterocycles. The molecular weight excluding hydrogens is 198 g/mol. The van der Waals surface area contributed by atoms with Crippen molar-refractivity contribution in [1.29, 1.82) is 0 Å². The first-order valence-corrected chi connectivity index (χ1v) is 7.30. The second kappa shape index (κ2) is 4.66. The zero-order valence-corrected chi connectivity index (χ0v) is 10.3. The quantitative estimate of drug-likeness (QED) is 0.738. The maximum Gasteiger partial charge on any atom is 0.0695 e. The molecule has 0 aromatic rings. The minimum atomic E-state index is -0.0329. The molecule has 3 rings (SSSR count). The van der Waals surface area contributed by atoms with Crippen molar-refractivity contribution in [3.05, 3.63) is 0 Å². The Hall–Kier alpha value is -0.0800. The van der Waals surface area contributed by atoms with Crippen LogP contribution in [0.3, 0.4) is 0 Å². The van der Waals surface area contributed by atoms with Crippen LogP contribution in [0.15, 0.2) is 0 Å². The van der Waals surface area contributed by atoms with Gasteiger partial charge in [0, 0.05) is 12.1 Å². The van der Waals surface area contributed by atoms with Gasteiger partial charge < -0.3 is 5.11 Å². The van der Waals surface area contributed by atoms with E-state index < -0.39 is 0 Å². The molecule has 92 valence electrons. The summed E-state index contributed by atoms with van der Waals surface area (Å²) in [7, 11) is 0. The number of hydrogen-bond donors (Lipinski definition) is 1. The summed E-state index contributed by atoms with van der Waals surface area (Å²) in [6.07, 6.45) is 11.9. The second-order valence-electron chi connectivity index (χ2n) is 6.06. The number of likely N-dealkylation sites (tertiary alicyclic amines) is 1. The van der Waals surface area contributed by atoms with Gasteiger partial charge in [-0.05, 0) is 44.6 Å². The van der Waals surface area contributed by atoms with Gasteiger partial charge in [-0.25, -0.2) is 0 Å². The van der Waals surface area contributed by atoms with Crippen molar-refractivity contribution in [1.82, 2.24) is 4.90 Å². The number of nitrogens with zero attached hydrogens (tertiary/aromatic N) is 1. The number of fused-ring (bicyclic) bond motifs is 1. The number of aliphatic hydroxyl groups excluding tert-OH is 1. The molecule has 2 aliphatic carbocycles. The fourth-order valence-electron chi connectivity index (χ4n) is 4.33. The standard InChI is InChI=1S/C14H25NO/c16-14-8-4-3-7-13(14)15-10-9-11-5-1-2-6-12(11)15/h11-14,16H,1-10H2. The third-order valence-corrected chi connectivity index (χ3v) is 5.17. The van der Waals surface area contributed by atoms with E-state index in [0.29, 0.717) is 6.04 Å². The Bertz CT molecular complexity index is 243. The normalized spacial score (nSPS) is 45.6. The van der Waals surface area contributed by atoms with Gasteiger partial charge in [-0.15, -0.1) is 0 Å². The molecule has 1 aliphatic heterocycles. The molecule has 1 heterocycles. The van der Waals surface area contributed by atoms with Gasteiger partial charge in [-0.2, -0.15) is 0 Å². The lowest BCUT2D eigenvalue weighted by molar-refractivity contribution is 0.00352. The molecule has 2 saturated carbocycles. The van der Waals surface area contributed by atoms with Crippen LogP contribution in [0.4, 0.5) is 0 Å². The molecule has 0 radical (unpaired) electrons. The zero-order chi connectivity index (χ0) is 11.0. The lowest BCUT2D eigenvalue weighted by Crippen LogP contribution is -2.49. The minimum absolute atomic E-state index is 0.0329. The Labute approximate surface area is 99.0 Å². The molecule has 4 atom stereocenters. The molecule has 0 aromatic heterocycles. The number of aliphatic hydroxyl groups is 1. The smallest absolute Gasteiger partial charge is 0.0695 e. The van der Waals surface area contributed by atoms with Crippen LogP contribution >= 0.6 is 0 Å². The van der Waals surface area contributed by atoms with Crippen molar-refractivity contribution in [2.45, 2.75) is 76.0 Å². The molecule has 0 bridgehead atoms. The Morgan fingerprint density at radius 2 is 1.44 bits per heavy atom.